The van der Waals surface area contributed by atoms with Crippen LogP contribution in [0.2, 0.25) is 0 Å². The van der Waals surface area contributed by atoms with Crippen LogP contribution in [0.3, 0.4) is 0 Å². The molecule has 3 rings (SSSR count). The Morgan fingerprint density at radius 3 is 2.57 bits per heavy atom. The topological polar surface area (TPSA) is 81.8 Å². The minimum absolute atomic E-state index is 0.0476. The van der Waals surface area contributed by atoms with Gasteiger partial charge in [-0.15, -0.1) is 0 Å². The zero-order valence-corrected chi connectivity index (χ0v) is 13.2. The maximum Gasteiger partial charge on any atom is 0.303 e. The van der Waals surface area contributed by atoms with Crippen molar-refractivity contribution in [1.29, 1.82) is 0 Å². The Hall–Kier alpha value is -1.27. The number of hydrogen-bond donors (Lipinski definition) is 2. The van der Waals surface area contributed by atoms with Crippen molar-refractivity contribution in [1.82, 2.24) is 0 Å². The average molecular weight is 356 g/mol. The van der Waals surface area contributed by atoms with Crippen molar-refractivity contribution in [3.05, 3.63) is 22.2 Å². The molecular weight excluding hydrogens is 338 g/mol. The van der Waals surface area contributed by atoms with Crippen LogP contribution in [0.4, 0.5) is 0 Å². The lowest BCUT2D eigenvalue weighted by molar-refractivity contribution is -0.137. The molecule has 0 amide bonds. The number of fused-ring (bicyclic) bond motifs is 1. The lowest BCUT2D eigenvalue weighted by Gasteiger charge is -2.21. The maximum atomic E-state index is 10.7. The molecule has 1 aliphatic heterocycles. The van der Waals surface area contributed by atoms with Crippen LogP contribution < -0.4 is 15.2 Å². The predicted molar refractivity (Wildman–Crippen MR) is 80.4 cm³/mol. The quantitative estimate of drug-likeness (QED) is 0.865. The van der Waals surface area contributed by atoms with E-state index in [1.54, 1.807) is 0 Å². The molecule has 3 N–H and O–H groups in total. The molecule has 1 heterocycles. The molecule has 1 atom stereocenters. The highest BCUT2D eigenvalue weighted by atomic mass is 79.9. The van der Waals surface area contributed by atoms with Gasteiger partial charge >= 0.3 is 5.97 Å². The Labute approximate surface area is 131 Å². The number of aliphatic carboxylic acids is 1. The van der Waals surface area contributed by atoms with Gasteiger partial charge in [0.1, 0.15) is 0 Å². The van der Waals surface area contributed by atoms with E-state index in [0.717, 1.165) is 41.5 Å². The molecule has 5 nitrogen and oxygen atoms in total. The van der Waals surface area contributed by atoms with E-state index in [2.05, 4.69) is 15.9 Å². The SMILES string of the molecule is NC(CCC(=O)O)c1cc2c(cc1Br)OC1(CCCC1)O2. The fraction of sp³-hybridized carbons (Fsp3) is 0.533. The van der Waals surface area contributed by atoms with Crippen molar-refractivity contribution in [2.45, 2.75) is 50.4 Å². The van der Waals surface area contributed by atoms with Gasteiger partial charge in [-0.2, -0.15) is 0 Å². The zero-order chi connectivity index (χ0) is 15.0. The minimum atomic E-state index is -0.841. The Morgan fingerprint density at radius 1 is 1.33 bits per heavy atom. The normalized spacial score (nSPS) is 19.9. The van der Waals surface area contributed by atoms with Crippen LogP contribution in [0.15, 0.2) is 16.6 Å². The first-order chi connectivity index (χ1) is 9.99. The van der Waals surface area contributed by atoms with Crippen LogP contribution in [0, 0.1) is 0 Å². The highest BCUT2D eigenvalue weighted by Crippen LogP contribution is 2.48. The second kappa shape index (κ2) is 5.50. The third-order valence-electron chi connectivity index (χ3n) is 4.09. The molecule has 21 heavy (non-hydrogen) atoms. The highest BCUT2D eigenvalue weighted by molar-refractivity contribution is 9.10. The molecule has 0 bridgehead atoms. The van der Waals surface area contributed by atoms with Gasteiger partial charge in [0.25, 0.3) is 5.79 Å². The van der Waals surface area contributed by atoms with Gasteiger partial charge in [-0.05, 0) is 37.0 Å². The van der Waals surface area contributed by atoms with Gasteiger partial charge in [0.2, 0.25) is 0 Å². The van der Waals surface area contributed by atoms with Crippen molar-refractivity contribution in [2.24, 2.45) is 5.73 Å². The summed E-state index contributed by atoms with van der Waals surface area (Å²) < 4.78 is 12.8. The number of nitrogens with two attached hydrogens (primary N) is 1. The average Bonchev–Trinajstić information content (AvgIpc) is 3.01. The monoisotopic (exact) mass is 355 g/mol. The van der Waals surface area contributed by atoms with E-state index >= 15 is 0 Å². The Bertz CT molecular complexity index is 569. The molecule has 1 saturated carbocycles. The van der Waals surface area contributed by atoms with E-state index in [1.807, 2.05) is 12.1 Å². The first-order valence-corrected chi connectivity index (χ1v) is 7.97. The molecular formula is C15H18BrNO4. The number of rotatable bonds is 4. The highest BCUT2D eigenvalue weighted by Gasteiger charge is 2.44. The molecule has 2 aliphatic rings. The molecule has 1 aliphatic carbocycles. The number of carboxylic acid groups (broad SMARTS) is 1. The molecule has 1 unspecified atom stereocenters. The van der Waals surface area contributed by atoms with Crippen molar-refractivity contribution < 1.29 is 19.4 Å². The van der Waals surface area contributed by atoms with Gasteiger partial charge in [-0.1, -0.05) is 15.9 Å². The summed E-state index contributed by atoms with van der Waals surface area (Å²) in [6.45, 7) is 0. The van der Waals surface area contributed by atoms with Gasteiger partial charge in [0, 0.05) is 29.8 Å². The second-order valence-corrected chi connectivity index (χ2v) is 6.54. The van der Waals surface area contributed by atoms with Crippen molar-refractivity contribution in [2.75, 3.05) is 0 Å². The Kier molecular flexibility index (Phi) is 3.84. The van der Waals surface area contributed by atoms with Gasteiger partial charge in [0.15, 0.2) is 11.5 Å². The molecule has 0 radical (unpaired) electrons. The summed E-state index contributed by atoms with van der Waals surface area (Å²) in [6.07, 6.45) is 4.46. The van der Waals surface area contributed by atoms with Crippen molar-refractivity contribution in [3.8, 4) is 11.5 Å². The lowest BCUT2D eigenvalue weighted by Crippen LogP contribution is -2.34. The van der Waals surface area contributed by atoms with E-state index in [-0.39, 0.29) is 12.5 Å². The minimum Gasteiger partial charge on any atom is -0.481 e. The number of carbonyl (C=O) groups is 1. The van der Waals surface area contributed by atoms with Crippen LogP contribution in [0.5, 0.6) is 11.5 Å². The van der Waals surface area contributed by atoms with E-state index in [0.29, 0.717) is 12.2 Å². The van der Waals surface area contributed by atoms with Crippen molar-refractivity contribution >= 4 is 21.9 Å². The lowest BCUT2D eigenvalue weighted by atomic mass is 10.0. The molecule has 1 spiro atoms. The van der Waals surface area contributed by atoms with Gasteiger partial charge in [-0.3, -0.25) is 4.79 Å². The first kappa shape index (κ1) is 14.7. The largest absolute Gasteiger partial charge is 0.481 e. The van der Waals surface area contributed by atoms with Crippen LogP contribution in [0.1, 0.15) is 50.1 Å². The van der Waals surface area contributed by atoms with Gasteiger partial charge in [0.05, 0.1) is 0 Å². The summed E-state index contributed by atoms with van der Waals surface area (Å²) in [5.74, 6) is 0.108. The van der Waals surface area contributed by atoms with E-state index in [4.69, 9.17) is 20.3 Å². The molecule has 114 valence electrons. The second-order valence-electron chi connectivity index (χ2n) is 5.68. The molecule has 0 saturated heterocycles. The smallest absolute Gasteiger partial charge is 0.303 e. The van der Waals surface area contributed by atoms with E-state index in [9.17, 15) is 4.79 Å². The molecule has 1 aromatic carbocycles. The number of hydrogen-bond acceptors (Lipinski definition) is 4. The van der Waals surface area contributed by atoms with Crippen molar-refractivity contribution in [3.63, 3.8) is 0 Å². The van der Waals surface area contributed by atoms with Crippen LogP contribution in [-0.4, -0.2) is 16.9 Å². The molecule has 1 aromatic rings. The van der Waals surface area contributed by atoms with Crippen LogP contribution in [-0.2, 0) is 4.79 Å². The van der Waals surface area contributed by atoms with Crippen LogP contribution in [0.25, 0.3) is 0 Å². The summed E-state index contributed by atoms with van der Waals surface area (Å²) in [6, 6.07) is 3.40. The molecule has 0 aromatic heterocycles. The van der Waals surface area contributed by atoms with Gasteiger partial charge in [-0.25, -0.2) is 0 Å². The summed E-state index contributed by atoms with van der Waals surface area (Å²) in [7, 11) is 0. The third kappa shape index (κ3) is 2.87. The fourth-order valence-electron chi connectivity index (χ4n) is 2.97. The van der Waals surface area contributed by atoms with E-state index < -0.39 is 11.8 Å². The molecule has 6 heteroatoms. The number of carboxylic acids is 1. The first-order valence-electron chi connectivity index (χ1n) is 7.18. The predicted octanol–water partition coefficient (Wildman–Crippen LogP) is 3.36. The Morgan fingerprint density at radius 2 is 1.95 bits per heavy atom. The standard InChI is InChI=1S/C15H18BrNO4/c16-10-8-13-12(20-15(21-13)5-1-2-6-15)7-9(10)11(17)3-4-14(18)19/h7-8,11H,1-6,17H2,(H,18,19). The van der Waals surface area contributed by atoms with E-state index in [1.165, 1.54) is 0 Å². The number of halogens is 1. The Balaban J connectivity index is 1.81. The zero-order valence-electron chi connectivity index (χ0n) is 11.6. The maximum absolute atomic E-state index is 10.7. The summed E-state index contributed by atoms with van der Waals surface area (Å²) >= 11 is 3.49. The summed E-state index contributed by atoms with van der Waals surface area (Å²) in [5, 5.41) is 8.76. The number of ether oxygens (including phenoxy) is 2. The summed E-state index contributed by atoms with van der Waals surface area (Å²) in [5.41, 5.74) is 6.95. The number of benzene rings is 1. The van der Waals surface area contributed by atoms with Gasteiger partial charge < -0.3 is 20.3 Å². The third-order valence-corrected chi connectivity index (χ3v) is 4.78. The van der Waals surface area contributed by atoms with Crippen LogP contribution >= 0.6 is 15.9 Å². The summed E-state index contributed by atoms with van der Waals surface area (Å²) in [4.78, 5) is 10.7. The fourth-order valence-corrected chi connectivity index (χ4v) is 3.58. The molecule has 1 fully saturated rings.